The largest absolute Gasteiger partial charge is 0.292 e. The van der Waals surface area contributed by atoms with Crippen LogP contribution >= 0.6 is 11.5 Å². The molecular formula is C9H14N2OS. The molecule has 0 unspecified atom stereocenters. The Balaban J connectivity index is 2.27. The van der Waals surface area contributed by atoms with Crippen LogP contribution in [0.25, 0.3) is 0 Å². The zero-order valence-electron chi connectivity index (χ0n) is 7.99. The van der Waals surface area contributed by atoms with Gasteiger partial charge in [0, 0.05) is 11.8 Å². The monoisotopic (exact) mass is 198 g/mol. The van der Waals surface area contributed by atoms with Gasteiger partial charge in [0.15, 0.2) is 5.78 Å². The van der Waals surface area contributed by atoms with Crippen LogP contribution in [0.4, 0.5) is 0 Å². The Morgan fingerprint density at radius 3 is 2.92 bits per heavy atom. The molecule has 0 atom stereocenters. The average Bonchev–Trinajstić information content (AvgIpc) is 2.55. The fourth-order valence-electron chi connectivity index (χ4n) is 1.09. The third-order valence-corrected chi connectivity index (χ3v) is 2.34. The highest BCUT2D eigenvalue weighted by Gasteiger charge is 2.08. The summed E-state index contributed by atoms with van der Waals surface area (Å²) in [5, 5.41) is 5.44. The van der Waals surface area contributed by atoms with E-state index < -0.39 is 0 Å². The van der Waals surface area contributed by atoms with Crippen LogP contribution in [0.15, 0.2) is 5.38 Å². The number of hydrogen-bond acceptors (Lipinski definition) is 4. The number of carbonyl (C=O) groups is 1. The van der Waals surface area contributed by atoms with Gasteiger partial charge in [-0.05, 0) is 23.9 Å². The summed E-state index contributed by atoms with van der Waals surface area (Å²) in [5.41, 5.74) is 0.522. The lowest BCUT2D eigenvalue weighted by Crippen LogP contribution is -2.00. The summed E-state index contributed by atoms with van der Waals surface area (Å²) in [5.74, 6) is 0.788. The summed E-state index contributed by atoms with van der Waals surface area (Å²) in [6.45, 7) is 4.32. The van der Waals surface area contributed by atoms with Crippen LogP contribution in [0, 0.1) is 5.92 Å². The molecule has 0 radical (unpaired) electrons. The molecule has 72 valence electrons. The Bertz CT molecular complexity index is 257. The number of Topliss-reactive ketones (excluding diaryl/α,β-unsaturated/α-hetero) is 1. The van der Waals surface area contributed by atoms with Crippen LogP contribution in [0.3, 0.4) is 0 Å². The van der Waals surface area contributed by atoms with Crippen molar-refractivity contribution in [1.29, 1.82) is 0 Å². The fraction of sp³-hybridized carbons (Fsp3) is 0.667. The lowest BCUT2D eigenvalue weighted by atomic mass is 10.0. The molecule has 0 aromatic carbocycles. The first-order chi connectivity index (χ1) is 6.20. The molecule has 1 aromatic heterocycles. The minimum Gasteiger partial charge on any atom is -0.292 e. The fourth-order valence-corrected chi connectivity index (χ4v) is 1.55. The maximum Gasteiger partial charge on any atom is 0.183 e. The normalized spacial score (nSPS) is 10.7. The molecule has 1 aromatic rings. The Labute approximate surface area is 82.3 Å². The van der Waals surface area contributed by atoms with Gasteiger partial charge in [-0.2, -0.15) is 0 Å². The molecule has 1 rings (SSSR count). The van der Waals surface area contributed by atoms with E-state index in [0.717, 1.165) is 12.8 Å². The van der Waals surface area contributed by atoms with Gasteiger partial charge in [-0.1, -0.05) is 24.8 Å². The van der Waals surface area contributed by atoms with Gasteiger partial charge in [0.05, 0.1) is 0 Å². The first-order valence-electron chi connectivity index (χ1n) is 4.50. The molecule has 1 heterocycles. The van der Waals surface area contributed by atoms with Gasteiger partial charge in [-0.3, -0.25) is 4.79 Å². The molecule has 3 nitrogen and oxygen atoms in total. The zero-order valence-corrected chi connectivity index (χ0v) is 8.80. The van der Waals surface area contributed by atoms with Crippen LogP contribution in [0.5, 0.6) is 0 Å². The molecule has 0 aliphatic carbocycles. The van der Waals surface area contributed by atoms with Gasteiger partial charge >= 0.3 is 0 Å². The van der Waals surface area contributed by atoms with Crippen molar-refractivity contribution in [1.82, 2.24) is 9.59 Å². The molecule has 0 bridgehead atoms. The van der Waals surface area contributed by atoms with Crippen molar-refractivity contribution in [2.45, 2.75) is 33.1 Å². The quantitative estimate of drug-likeness (QED) is 0.683. The first kappa shape index (κ1) is 10.3. The van der Waals surface area contributed by atoms with Gasteiger partial charge in [-0.25, -0.2) is 0 Å². The molecule has 13 heavy (non-hydrogen) atoms. The average molecular weight is 198 g/mol. The SMILES string of the molecule is CC(C)CCCC(=O)c1csnn1. The van der Waals surface area contributed by atoms with Crippen molar-refractivity contribution in [3.63, 3.8) is 0 Å². The van der Waals surface area contributed by atoms with Crippen LogP contribution in [0.1, 0.15) is 43.6 Å². The summed E-state index contributed by atoms with van der Waals surface area (Å²) in [4.78, 5) is 11.4. The summed E-state index contributed by atoms with van der Waals surface area (Å²) in [7, 11) is 0. The summed E-state index contributed by atoms with van der Waals surface area (Å²) in [6, 6.07) is 0. The number of carbonyl (C=O) groups excluding carboxylic acids is 1. The van der Waals surface area contributed by atoms with Crippen molar-refractivity contribution in [2.75, 3.05) is 0 Å². The second-order valence-electron chi connectivity index (χ2n) is 3.50. The first-order valence-corrected chi connectivity index (χ1v) is 5.34. The number of rotatable bonds is 5. The second-order valence-corrected chi connectivity index (χ2v) is 4.11. The van der Waals surface area contributed by atoms with E-state index in [1.807, 2.05) is 0 Å². The molecule has 0 N–H and O–H groups in total. The Kier molecular flexibility index (Phi) is 4.02. The molecule has 0 saturated carbocycles. The van der Waals surface area contributed by atoms with Gasteiger partial charge in [0.2, 0.25) is 0 Å². The molecule has 0 aliphatic rings. The van der Waals surface area contributed by atoms with E-state index in [4.69, 9.17) is 0 Å². The van der Waals surface area contributed by atoms with Crippen molar-refractivity contribution in [2.24, 2.45) is 5.92 Å². The molecular weight excluding hydrogens is 184 g/mol. The van der Waals surface area contributed by atoms with E-state index in [2.05, 4.69) is 23.4 Å². The lowest BCUT2D eigenvalue weighted by Gasteiger charge is -2.01. The van der Waals surface area contributed by atoms with E-state index in [0.29, 0.717) is 18.0 Å². The van der Waals surface area contributed by atoms with Gasteiger partial charge in [0.1, 0.15) is 5.69 Å². The Morgan fingerprint density at radius 2 is 2.38 bits per heavy atom. The lowest BCUT2D eigenvalue weighted by molar-refractivity contribution is 0.0973. The number of aromatic nitrogens is 2. The van der Waals surface area contributed by atoms with Crippen LogP contribution in [-0.2, 0) is 0 Å². The molecule has 4 heteroatoms. The highest BCUT2D eigenvalue weighted by molar-refractivity contribution is 7.03. The summed E-state index contributed by atoms with van der Waals surface area (Å²) in [6.07, 6.45) is 2.65. The second kappa shape index (κ2) is 5.07. The Hall–Kier alpha value is -0.770. The van der Waals surface area contributed by atoms with Gasteiger partial charge in [0.25, 0.3) is 0 Å². The van der Waals surface area contributed by atoms with E-state index >= 15 is 0 Å². The molecule has 0 amide bonds. The predicted molar refractivity (Wildman–Crippen MR) is 52.9 cm³/mol. The standard InChI is InChI=1S/C9H14N2OS/c1-7(2)4-3-5-9(12)8-6-13-11-10-8/h6-7H,3-5H2,1-2H3. The van der Waals surface area contributed by atoms with E-state index in [1.54, 1.807) is 5.38 Å². The summed E-state index contributed by atoms with van der Waals surface area (Å²) < 4.78 is 3.66. The maximum absolute atomic E-state index is 11.4. The highest BCUT2D eigenvalue weighted by atomic mass is 32.1. The minimum absolute atomic E-state index is 0.120. The van der Waals surface area contributed by atoms with Crippen LogP contribution in [-0.4, -0.2) is 15.4 Å². The topological polar surface area (TPSA) is 42.9 Å². The van der Waals surface area contributed by atoms with E-state index in [1.165, 1.54) is 11.5 Å². The molecule has 0 aliphatic heterocycles. The van der Waals surface area contributed by atoms with Crippen molar-refractivity contribution in [3.05, 3.63) is 11.1 Å². The van der Waals surface area contributed by atoms with Gasteiger partial charge in [-0.15, -0.1) is 5.10 Å². The number of hydrogen-bond donors (Lipinski definition) is 0. The smallest absolute Gasteiger partial charge is 0.183 e. The predicted octanol–water partition coefficient (Wildman–Crippen LogP) is 2.55. The van der Waals surface area contributed by atoms with Crippen molar-refractivity contribution < 1.29 is 4.79 Å². The van der Waals surface area contributed by atoms with E-state index in [9.17, 15) is 4.79 Å². The zero-order chi connectivity index (χ0) is 9.68. The van der Waals surface area contributed by atoms with Crippen LogP contribution in [0.2, 0.25) is 0 Å². The maximum atomic E-state index is 11.4. The minimum atomic E-state index is 0.120. The molecule has 0 saturated heterocycles. The van der Waals surface area contributed by atoms with Crippen LogP contribution < -0.4 is 0 Å². The highest BCUT2D eigenvalue weighted by Crippen LogP contribution is 2.09. The summed E-state index contributed by atoms with van der Waals surface area (Å²) >= 11 is 1.23. The van der Waals surface area contributed by atoms with Crippen molar-refractivity contribution >= 4 is 17.3 Å². The number of nitrogens with zero attached hydrogens (tertiary/aromatic N) is 2. The third kappa shape index (κ3) is 3.63. The van der Waals surface area contributed by atoms with Gasteiger partial charge < -0.3 is 0 Å². The Morgan fingerprint density at radius 1 is 1.62 bits per heavy atom. The molecule has 0 fully saturated rings. The van der Waals surface area contributed by atoms with Crippen molar-refractivity contribution in [3.8, 4) is 0 Å². The molecule has 0 spiro atoms. The third-order valence-electron chi connectivity index (χ3n) is 1.83. The number of ketones is 1. The van der Waals surface area contributed by atoms with E-state index in [-0.39, 0.29) is 5.78 Å².